The molecule has 0 radical (unpaired) electrons. The molecule has 2 heterocycles. The van der Waals surface area contributed by atoms with Crippen LogP contribution in [0.4, 0.5) is 9.18 Å². The number of aromatic amines is 1. The van der Waals surface area contributed by atoms with Gasteiger partial charge in [-0.25, -0.2) is 9.78 Å². The van der Waals surface area contributed by atoms with Gasteiger partial charge in [-0.1, -0.05) is 29.8 Å². The Hall–Kier alpha value is -1.67. The van der Waals surface area contributed by atoms with Gasteiger partial charge in [0, 0.05) is 12.5 Å². The number of amides is 1. The summed E-state index contributed by atoms with van der Waals surface area (Å²) in [5.41, 5.74) is 2.50. The summed E-state index contributed by atoms with van der Waals surface area (Å²) in [4.78, 5) is 21.9. The maximum Gasteiger partial charge on any atom is 0.410 e. The number of hydrogen-bond donors (Lipinski definition) is 1. The number of likely N-dealkylation sites (tertiary alicyclic amines) is 1. The van der Waals surface area contributed by atoms with Crippen LogP contribution < -0.4 is 0 Å². The summed E-state index contributed by atoms with van der Waals surface area (Å²) in [7, 11) is 0. The summed E-state index contributed by atoms with van der Waals surface area (Å²) < 4.78 is 18.8. The lowest BCUT2D eigenvalue weighted by Gasteiger charge is -2.27. The van der Waals surface area contributed by atoms with Crippen LogP contribution in [0.25, 0.3) is 11.3 Å². The highest BCUT2D eigenvalue weighted by Gasteiger charge is 2.39. The Balaban J connectivity index is 0.00000196. The second kappa shape index (κ2) is 9.69. The number of nitrogens with zero attached hydrogens (tertiary/aromatic N) is 2. The van der Waals surface area contributed by atoms with Crippen LogP contribution in [-0.4, -0.2) is 39.8 Å². The molecule has 156 valence electrons. The Morgan fingerprint density at radius 3 is 2.50 bits per heavy atom. The van der Waals surface area contributed by atoms with E-state index in [4.69, 9.17) is 4.74 Å². The van der Waals surface area contributed by atoms with E-state index < -0.39 is 18.4 Å². The smallest absolute Gasteiger partial charge is 0.410 e. The molecule has 1 fully saturated rings. The van der Waals surface area contributed by atoms with Gasteiger partial charge in [-0.05, 0) is 39.7 Å². The fourth-order valence-corrected chi connectivity index (χ4v) is 3.20. The molecule has 0 saturated carbocycles. The van der Waals surface area contributed by atoms with Gasteiger partial charge in [0.15, 0.2) is 0 Å². The second-order valence-corrected chi connectivity index (χ2v) is 7.95. The molecule has 0 bridgehead atoms. The number of carbonyl (C=O) groups excluding carboxylic acids is 1. The lowest BCUT2D eigenvalue weighted by atomic mass is 10.1. The predicted molar refractivity (Wildman–Crippen MR) is 119 cm³/mol. The largest absolute Gasteiger partial charge is 0.444 e. The van der Waals surface area contributed by atoms with Crippen molar-refractivity contribution in [1.29, 1.82) is 0 Å². The Labute approximate surface area is 180 Å². The van der Waals surface area contributed by atoms with Crippen molar-refractivity contribution < 1.29 is 13.9 Å². The summed E-state index contributed by atoms with van der Waals surface area (Å²) in [5.74, 6) is 0.475. The molecule has 0 spiro atoms. The topological polar surface area (TPSA) is 58.2 Å². The highest BCUT2D eigenvalue weighted by Crippen LogP contribution is 2.36. The Morgan fingerprint density at radius 2 is 1.93 bits per heavy atom. The number of aryl methyl sites for hydroxylation is 1. The van der Waals surface area contributed by atoms with Crippen molar-refractivity contribution in [3.8, 4) is 11.3 Å². The van der Waals surface area contributed by atoms with Gasteiger partial charge in [-0.3, -0.25) is 9.29 Å². The zero-order chi connectivity index (χ0) is 18.9. The normalized spacial score (nSPS) is 19.0. The molecule has 5 nitrogen and oxygen atoms in total. The van der Waals surface area contributed by atoms with E-state index in [1.165, 1.54) is 5.56 Å². The number of hydrogen-bond acceptors (Lipinski definition) is 3. The molecule has 8 heteroatoms. The second-order valence-electron chi connectivity index (χ2n) is 7.95. The Morgan fingerprint density at radius 1 is 1.29 bits per heavy atom. The summed E-state index contributed by atoms with van der Waals surface area (Å²) in [6.07, 6.45) is 1.87. The quantitative estimate of drug-likeness (QED) is 0.760. The number of rotatable bonds is 3. The molecule has 2 atom stereocenters. The van der Waals surface area contributed by atoms with Gasteiger partial charge in [0.05, 0.1) is 24.6 Å². The summed E-state index contributed by atoms with van der Waals surface area (Å²) >= 11 is 0. The van der Waals surface area contributed by atoms with Gasteiger partial charge in [-0.15, -0.1) is 0 Å². The zero-order valence-corrected chi connectivity index (χ0v) is 18.8. The van der Waals surface area contributed by atoms with Gasteiger partial charge in [0.1, 0.15) is 11.4 Å². The number of benzene rings is 1. The highest BCUT2D eigenvalue weighted by molar-refractivity contribution is 7.59. The third-order valence-electron chi connectivity index (χ3n) is 4.51. The van der Waals surface area contributed by atoms with Crippen LogP contribution in [0, 0.1) is 12.8 Å². The lowest BCUT2D eigenvalue weighted by Crippen LogP contribution is -2.37. The number of ether oxygens (including phenoxy) is 1. The molecule has 2 aromatic rings. The van der Waals surface area contributed by atoms with Gasteiger partial charge < -0.3 is 9.72 Å². The van der Waals surface area contributed by atoms with Crippen molar-refractivity contribution in [2.75, 3.05) is 13.2 Å². The van der Waals surface area contributed by atoms with Gasteiger partial charge in [0.2, 0.25) is 0 Å². The first-order valence-electron chi connectivity index (χ1n) is 8.94. The number of carbonyl (C=O) groups is 1. The van der Waals surface area contributed by atoms with Crippen LogP contribution in [-0.2, 0) is 4.74 Å². The molecule has 1 N–H and O–H groups in total. The van der Waals surface area contributed by atoms with Crippen molar-refractivity contribution in [2.45, 2.75) is 45.8 Å². The fourth-order valence-electron chi connectivity index (χ4n) is 3.20. The molecule has 0 aliphatic carbocycles. The first kappa shape index (κ1) is 24.4. The molecule has 1 amide bonds. The molecule has 3 rings (SSSR count). The lowest BCUT2D eigenvalue weighted by molar-refractivity contribution is 0.0213. The van der Waals surface area contributed by atoms with Crippen molar-refractivity contribution in [3.05, 3.63) is 41.9 Å². The van der Waals surface area contributed by atoms with Gasteiger partial charge in [0.25, 0.3) is 0 Å². The average molecular weight is 428 g/mol. The van der Waals surface area contributed by atoms with Crippen LogP contribution in [0.2, 0.25) is 0 Å². The number of alkyl halides is 1. The van der Waals surface area contributed by atoms with E-state index in [-0.39, 0.29) is 39.0 Å². The van der Waals surface area contributed by atoms with E-state index >= 15 is 0 Å². The minimum absolute atomic E-state index is 0. The van der Waals surface area contributed by atoms with Crippen LogP contribution in [0.3, 0.4) is 0 Å². The molecular formula is C20H30FN3O2S2. The number of nitrogens with one attached hydrogen (secondary N) is 1. The van der Waals surface area contributed by atoms with Crippen LogP contribution >= 0.6 is 27.0 Å². The van der Waals surface area contributed by atoms with E-state index in [9.17, 15) is 9.18 Å². The first-order valence-corrected chi connectivity index (χ1v) is 8.94. The number of H-pyrrole nitrogens is 1. The van der Waals surface area contributed by atoms with Crippen molar-refractivity contribution in [2.24, 2.45) is 5.92 Å². The molecule has 28 heavy (non-hydrogen) atoms. The van der Waals surface area contributed by atoms with E-state index in [0.717, 1.165) is 11.3 Å². The molecule has 1 aromatic heterocycles. The van der Waals surface area contributed by atoms with Gasteiger partial charge >= 0.3 is 6.09 Å². The summed E-state index contributed by atoms with van der Waals surface area (Å²) in [5, 5.41) is 0. The molecule has 1 aliphatic rings. The molecule has 1 aromatic carbocycles. The Bertz CT molecular complexity index is 775. The van der Waals surface area contributed by atoms with Crippen molar-refractivity contribution in [3.63, 3.8) is 0 Å². The monoisotopic (exact) mass is 427 g/mol. The minimum atomic E-state index is -0.592. The maximum absolute atomic E-state index is 13.3. The van der Waals surface area contributed by atoms with Gasteiger partial charge in [-0.2, -0.15) is 27.0 Å². The molecule has 0 unspecified atom stereocenters. The predicted octanol–water partition coefficient (Wildman–Crippen LogP) is 4.88. The van der Waals surface area contributed by atoms with Crippen molar-refractivity contribution >= 4 is 33.1 Å². The Kier molecular flexibility index (Phi) is 8.44. The number of halogens is 1. The molecule has 1 aliphatic heterocycles. The van der Waals surface area contributed by atoms with Crippen LogP contribution in [0.15, 0.2) is 30.5 Å². The number of imidazole rings is 1. The van der Waals surface area contributed by atoms with E-state index in [0.29, 0.717) is 18.8 Å². The first-order chi connectivity index (χ1) is 12.3. The third-order valence-corrected chi connectivity index (χ3v) is 4.51. The maximum atomic E-state index is 13.3. The average Bonchev–Trinajstić information content (AvgIpc) is 3.20. The minimum Gasteiger partial charge on any atom is -0.444 e. The zero-order valence-electron chi connectivity index (χ0n) is 16.8. The third kappa shape index (κ3) is 5.67. The van der Waals surface area contributed by atoms with E-state index in [1.807, 2.05) is 52.0 Å². The SMILES string of the molecule is Cc1ccc(-c2cnc([C@@H]3C[C@H](CF)CN3C(=O)OC(C)(C)C)[nH]2)cc1.S.S. The summed E-state index contributed by atoms with van der Waals surface area (Å²) in [6, 6.07) is 7.83. The number of aromatic nitrogens is 2. The van der Waals surface area contributed by atoms with Crippen LogP contribution in [0.1, 0.15) is 44.6 Å². The van der Waals surface area contributed by atoms with E-state index in [1.54, 1.807) is 11.1 Å². The summed E-state index contributed by atoms with van der Waals surface area (Å²) in [6.45, 7) is 7.40. The highest BCUT2D eigenvalue weighted by atomic mass is 32.1. The standard InChI is InChI=1S/C20H26FN3O2.2H2S/c1-13-5-7-15(8-6-13)16-11-22-18(23-16)17-9-14(10-21)12-24(17)19(25)26-20(2,3)4;;/h5-8,11,14,17H,9-10,12H2,1-4H3,(H,22,23);2*1H2/t14-,17+;;/m1../s1. The molecular weight excluding hydrogens is 397 g/mol. The van der Waals surface area contributed by atoms with E-state index in [2.05, 4.69) is 9.97 Å². The van der Waals surface area contributed by atoms with Crippen LogP contribution in [0.5, 0.6) is 0 Å². The fraction of sp³-hybridized carbons (Fsp3) is 0.500. The van der Waals surface area contributed by atoms with Crippen molar-refractivity contribution in [1.82, 2.24) is 14.9 Å². The molecule has 1 saturated heterocycles.